The molecule has 0 bridgehead atoms. The van der Waals surface area contributed by atoms with Crippen LogP contribution in [0.5, 0.6) is 5.75 Å². The van der Waals surface area contributed by atoms with Crippen LogP contribution in [-0.2, 0) is 6.42 Å². The minimum atomic E-state index is 0.623. The molecular weight excluding hydrogens is 318 g/mol. The molecule has 0 N–H and O–H groups in total. The van der Waals surface area contributed by atoms with Crippen LogP contribution in [0.3, 0.4) is 0 Å². The zero-order valence-corrected chi connectivity index (χ0v) is 15.1. The van der Waals surface area contributed by atoms with Gasteiger partial charge in [0.1, 0.15) is 12.4 Å². The standard InChI is InChI=1S/C24H23NO/c1-2-19-16-25-23-14-7-6-13-22(23)24(19)20-11-8-12-21(15-20)26-17-18-9-4-3-5-10-18/h4,6-16H,2-3,5,17H2,1H3. The normalized spacial score (nSPS) is 13.7. The molecule has 0 saturated carbocycles. The molecule has 0 unspecified atom stereocenters. The Labute approximate surface area is 154 Å². The van der Waals surface area contributed by atoms with E-state index in [1.165, 1.54) is 27.6 Å². The summed E-state index contributed by atoms with van der Waals surface area (Å²) in [5, 5.41) is 1.20. The van der Waals surface area contributed by atoms with E-state index in [4.69, 9.17) is 4.74 Å². The summed E-state index contributed by atoms with van der Waals surface area (Å²) in [4.78, 5) is 4.61. The average Bonchev–Trinajstić information content (AvgIpc) is 2.72. The average molecular weight is 341 g/mol. The Morgan fingerprint density at radius 1 is 1.04 bits per heavy atom. The fourth-order valence-corrected chi connectivity index (χ4v) is 3.47. The molecule has 0 atom stereocenters. The van der Waals surface area contributed by atoms with Crippen molar-refractivity contribution in [2.45, 2.75) is 26.2 Å². The number of allylic oxidation sites excluding steroid dienone is 2. The van der Waals surface area contributed by atoms with Crippen molar-refractivity contribution in [2.24, 2.45) is 0 Å². The van der Waals surface area contributed by atoms with Gasteiger partial charge in [0.25, 0.3) is 0 Å². The highest BCUT2D eigenvalue weighted by Crippen LogP contribution is 2.33. The number of hydrogen-bond acceptors (Lipinski definition) is 2. The van der Waals surface area contributed by atoms with Gasteiger partial charge in [0.2, 0.25) is 0 Å². The fourth-order valence-electron chi connectivity index (χ4n) is 3.47. The van der Waals surface area contributed by atoms with E-state index < -0.39 is 0 Å². The molecule has 0 spiro atoms. The molecule has 0 amide bonds. The monoisotopic (exact) mass is 341 g/mol. The number of aromatic nitrogens is 1. The lowest BCUT2D eigenvalue weighted by Gasteiger charge is -2.14. The van der Waals surface area contributed by atoms with Gasteiger partial charge < -0.3 is 4.74 Å². The van der Waals surface area contributed by atoms with E-state index in [1.54, 1.807) is 0 Å². The number of nitrogens with zero attached hydrogens (tertiary/aromatic N) is 1. The highest BCUT2D eigenvalue weighted by atomic mass is 16.5. The van der Waals surface area contributed by atoms with Crippen molar-refractivity contribution in [1.82, 2.24) is 4.98 Å². The Morgan fingerprint density at radius 2 is 1.96 bits per heavy atom. The Balaban J connectivity index is 1.69. The highest BCUT2D eigenvalue weighted by molar-refractivity contribution is 5.96. The number of aryl methyl sites for hydroxylation is 1. The Kier molecular flexibility index (Phi) is 4.83. The van der Waals surface area contributed by atoms with E-state index in [-0.39, 0.29) is 0 Å². The van der Waals surface area contributed by atoms with Crippen molar-refractivity contribution in [3.8, 4) is 16.9 Å². The zero-order chi connectivity index (χ0) is 17.8. The van der Waals surface area contributed by atoms with E-state index in [0.29, 0.717) is 6.61 Å². The maximum atomic E-state index is 6.06. The van der Waals surface area contributed by atoms with Crippen LogP contribution in [0.15, 0.2) is 78.5 Å². The van der Waals surface area contributed by atoms with Crippen molar-refractivity contribution in [3.63, 3.8) is 0 Å². The van der Waals surface area contributed by atoms with Crippen LogP contribution >= 0.6 is 0 Å². The molecule has 0 radical (unpaired) electrons. The van der Waals surface area contributed by atoms with Gasteiger partial charge >= 0.3 is 0 Å². The number of rotatable bonds is 5. The van der Waals surface area contributed by atoms with Crippen LogP contribution in [0.2, 0.25) is 0 Å². The van der Waals surface area contributed by atoms with Gasteiger partial charge in [0.05, 0.1) is 5.52 Å². The molecule has 2 aromatic carbocycles. The van der Waals surface area contributed by atoms with Gasteiger partial charge in [-0.3, -0.25) is 4.98 Å². The number of ether oxygens (including phenoxy) is 1. The van der Waals surface area contributed by atoms with Gasteiger partial charge in [-0.2, -0.15) is 0 Å². The van der Waals surface area contributed by atoms with Gasteiger partial charge in [-0.25, -0.2) is 0 Å². The van der Waals surface area contributed by atoms with E-state index in [2.05, 4.69) is 66.5 Å². The van der Waals surface area contributed by atoms with E-state index in [1.807, 2.05) is 18.3 Å². The molecule has 1 aliphatic carbocycles. The summed E-state index contributed by atoms with van der Waals surface area (Å²) >= 11 is 0. The third kappa shape index (κ3) is 3.41. The lowest BCUT2D eigenvalue weighted by atomic mass is 9.95. The van der Waals surface area contributed by atoms with E-state index in [0.717, 1.165) is 30.5 Å². The topological polar surface area (TPSA) is 22.1 Å². The Morgan fingerprint density at radius 3 is 2.81 bits per heavy atom. The third-order valence-electron chi connectivity index (χ3n) is 4.83. The largest absolute Gasteiger partial charge is 0.489 e. The first-order valence-electron chi connectivity index (χ1n) is 9.30. The summed E-state index contributed by atoms with van der Waals surface area (Å²) in [5.74, 6) is 0.908. The van der Waals surface area contributed by atoms with Crippen molar-refractivity contribution in [2.75, 3.05) is 6.61 Å². The van der Waals surface area contributed by atoms with Gasteiger partial charge in [0, 0.05) is 11.6 Å². The lowest BCUT2D eigenvalue weighted by molar-refractivity contribution is 0.355. The quantitative estimate of drug-likeness (QED) is 0.558. The molecule has 3 aromatic rings. The van der Waals surface area contributed by atoms with Crippen molar-refractivity contribution in [1.29, 1.82) is 0 Å². The van der Waals surface area contributed by atoms with Gasteiger partial charge in [0.15, 0.2) is 0 Å². The zero-order valence-electron chi connectivity index (χ0n) is 15.1. The molecule has 2 heteroatoms. The predicted molar refractivity (Wildman–Crippen MR) is 109 cm³/mol. The smallest absolute Gasteiger partial charge is 0.120 e. The van der Waals surface area contributed by atoms with Crippen molar-refractivity contribution >= 4 is 10.9 Å². The summed E-state index contributed by atoms with van der Waals surface area (Å²) in [7, 11) is 0. The second-order valence-electron chi connectivity index (χ2n) is 6.60. The first-order valence-corrected chi connectivity index (χ1v) is 9.30. The molecule has 1 aromatic heterocycles. The predicted octanol–water partition coefficient (Wildman–Crippen LogP) is 6.12. The minimum absolute atomic E-state index is 0.623. The number of fused-ring (bicyclic) bond motifs is 1. The summed E-state index contributed by atoms with van der Waals surface area (Å²) in [6.07, 6.45) is 11.8. The van der Waals surface area contributed by atoms with Crippen LogP contribution in [0, 0.1) is 0 Å². The number of para-hydroxylation sites is 1. The summed E-state index contributed by atoms with van der Waals surface area (Å²) < 4.78 is 6.06. The number of pyridine rings is 1. The van der Waals surface area contributed by atoms with Crippen LogP contribution < -0.4 is 4.74 Å². The highest BCUT2D eigenvalue weighted by Gasteiger charge is 2.11. The van der Waals surface area contributed by atoms with Crippen molar-refractivity contribution < 1.29 is 4.74 Å². The molecule has 1 heterocycles. The second kappa shape index (κ2) is 7.57. The second-order valence-corrected chi connectivity index (χ2v) is 6.60. The van der Waals surface area contributed by atoms with E-state index in [9.17, 15) is 0 Å². The SMILES string of the molecule is CCc1cnc2ccccc2c1-c1cccc(OCC2=CCCC=C2)c1. The first kappa shape index (κ1) is 16.6. The fraction of sp³-hybridized carbons (Fsp3) is 0.208. The van der Waals surface area contributed by atoms with Crippen LogP contribution in [-0.4, -0.2) is 11.6 Å². The molecule has 2 nitrogen and oxygen atoms in total. The van der Waals surface area contributed by atoms with Gasteiger partial charge in [-0.05, 0) is 59.7 Å². The van der Waals surface area contributed by atoms with Crippen LogP contribution in [0.1, 0.15) is 25.3 Å². The summed E-state index contributed by atoms with van der Waals surface area (Å²) in [6, 6.07) is 16.8. The molecule has 0 aliphatic heterocycles. The van der Waals surface area contributed by atoms with Crippen LogP contribution in [0.25, 0.3) is 22.0 Å². The third-order valence-corrected chi connectivity index (χ3v) is 4.83. The molecule has 0 fully saturated rings. The Bertz CT molecular complexity index is 984. The summed E-state index contributed by atoms with van der Waals surface area (Å²) in [5.41, 5.74) is 6.00. The molecule has 4 rings (SSSR count). The van der Waals surface area contributed by atoms with Crippen LogP contribution in [0.4, 0.5) is 0 Å². The molecule has 26 heavy (non-hydrogen) atoms. The molecule has 0 saturated heterocycles. The maximum Gasteiger partial charge on any atom is 0.120 e. The number of hydrogen-bond donors (Lipinski definition) is 0. The molecular formula is C24H23NO. The Hall–Kier alpha value is -2.87. The molecule has 1 aliphatic rings. The summed E-state index contributed by atoms with van der Waals surface area (Å²) in [6.45, 7) is 2.80. The minimum Gasteiger partial charge on any atom is -0.489 e. The van der Waals surface area contributed by atoms with E-state index >= 15 is 0 Å². The van der Waals surface area contributed by atoms with Gasteiger partial charge in [-0.15, -0.1) is 0 Å². The first-order chi connectivity index (χ1) is 12.8. The van der Waals surface area contributed by atoms with Crippen molar-refractivity contribution in [3.05, 3.63) is 84.1 Å². The maximum absolute atomic E-state index is 6.06. The lowest BCUT2D eigenvalue weighted by Crippen LogP contribution is -2.01. The molecule has 130 valence electrons. The van der Waals surface area contributed by atoms with Gasteiger partial charge in [-0.1, -0.05) is 55.5 Å². The number of benzene rings is 2.